The molecule has 0 aromatic carbocycles. The number of aromatic nitrogens is 2. The van der Waals surface area contributed by atoms with Gasteiger partial charge in [0.1, 0.15) is 0 Å². The standard InChI is InChI=1S/C12H21N3/c1-3-4-12(5-6-12)8-15-9-14-7-11(15)10(2)13/h7,9-10H,3-6,8,13H2,1-2H3/t10-/m1/s1. The first-order valence-electron chi connectivity index (χ1n) is 5.92. The van der Waals surface area contributed by atoms with Crippen LogP contribution in [-0.2, 0) is 6.54 Å². The molecule has 0 amide bonds. The first-order chi connectivity index (χ1) is 7.17. The van der Waals surface area contributed by atoms with Gasteiger partial charge in [-0.15, -0.1) is 0 Å². The van der Waals surface area contributed by atoms with Gasteiger partial charge in [-0.1, -0.05) is 13.3 Å². The lowest BCUT2D eigenvalue weighted by atomic mass is 10.0. The normalized spacial score (nSPS) is 20.2. The Morgan fingerprint density at radius 1 is 1.60 bits per heavy atom. The zero-order valence-corrected chi connectivity index (χ0v) is 9.74. The van der Waals surface area contributed by atoms with Gasteiger partial charge in [0, 0.05) is 18.8 Å². The van der Waals surface area contributed by atoms with Gasteiger partial charge in [-0.05, 0) is 31.6 Å². The van der Waals surface area contributed by atoms with Crippen LogP contribution >= 0.6 is 0 Å². The highest BCUT2D eigenvalue weighted by Gasteiger charge is 2.41. The number of imidazole rings is 1. The van der Waals surface area contributed by atoms with E-state index in [-0.39, 0.29) is 6.04 Å². The van der Waals surface area contributed by atoms with Gasteiger partial charge in [0.05, 0.1) is 12.0 Å². The third kappa shape index (κ3) is 2.23. The van der Waals surface area contributed by atoms with E-state index in [0.29, 0.717) is 5.41 Å². The van der Waals surface area contributed by atoms with Gasteiger partial charge >= 0.3 is 0 Å². The minimum Gasteiger partial charge on any atom is -0.333 e. The van der Waals surface area contributed by atoms with Crippen molar-refractivity contribution in [3.8, 4) is 0 Å². The summed E-state index contributed by atoms with van der Waals surface area (Å²) in [6.45, 7) is 5.39. The van der Waals surface area contributed by atoms with Gasteiger partial charge in [0.25, 0.3) is 0 Å². The predicted octanol–water partition coefficient (Wildman–Crippen LogP) is 2.48. The molecule has 0 radical (unpaired) electrons. The summed E-state index contributed by atoms with van der Waals surface area (Å²) in [5, 5.41) is 0. The lowest BCUT2D eigenvalue weighted by Crippen LogP contribution is -2.17. The van der Waals surface area contributed by atoms with Gasteiger partial charge in [-0.3, -0.25) is 0 Å². The van der Waals surface area contributed by atoms with Crippen LogP contribution in [0.3, 0.4) is 0 Å². The Balaban J connectivity index is 2.07. The van der Waals surface area contributed by atoms with Crippen molar-refractivity contribution in [2.75, 3.05) is 0 Å². The summed E-state index contributed by atoms with van der Waals surface area (Å²) in [4.78, 5) is 4.20. The molecule has 15 heavy (non-hydrogen) atoms. The third-order valence-corrected chi connectivity index (χ3v) is 3.45. The van der Waals surface area contributed by atoms with Crippen molar-refractivity contribution in [2.24, 2.45) is 11.1 Å². The molecule has 1 heterocycles. The van der Waals surface area contributed by atoms with Crippen LogP contribution in [0.15, 0.2) is 12.5 Å². The molecule has 1 aliphatic carbocycles. The third-order valence-electron chi connectivity index (χ3n) is 3.45. The molecule has 0 saturated heterocycles. The topological polar surface area (TPSA) is 43.8 Å². The summed E-state index contributed by atoms with van der Waals surface area (Å²) in [5.74, 6) is 0. The molecule has 1 aromatic heterocycles. The van der Waals surface area contributed by atoms with E-state index in [9.17, 15) is 0 Å². The Morgan fingerprint density at radius 3 is 2.87 bits per heavy atom. The molecule has 1 atom stereocenters. The monoisotopic (exact) mass is 207 g/mol. The van der Waals surface area contributed by atoms with Crippen LogP contribution in [0, 0.1) is 5.41 Å². The zero-order valence-electron chi connectivity index (χ0n) is 9.74. The van der Waals surface area contributed by atoms with Crippen molar-refractivity contribution in [1.82, 2.24) is 9.55 Å². The quantitative estimate of drug-likeness (QED) is 0.806. The van der Waals surface area contributed by atoms with E-state index in [2.05, 4.69) is 16.5 Å². The predicted molar refractivity (Wildman–Crippen MR) is 61.4 cm³/mol. The molecule has 3 heteroatoms. The average molecular weight is 207 g/mol. The smallest absolute Gasteiger partial charge is 0.0948 e. The fraction of sp³-hybridized carbons (Fsp3) is 0.750. The van der Waals surface area contributed by atoms with Crippen LogP contribution in [-0.4, -0.2) is 9.55 Å². The van der Waals surface area contributed by atoms with Crippen LogP contribution in [0.25, 0.3) is 0 Å². The van der Waals surface area contributed by atoms with Crippen LogP contribution in [0.4, 0.5) is 0 Å². The van der Waals surface area contributed by atoms with Gasteiger partial charge in [0.2, 0.25) is 0 Å². The molecule has 0 spiro atoms. The Morgan fingerprint density at radius 2 is 2.33 bits per heavy atom. The van der Waals surface area contributed by atoms with E-state index >= 15 is 0 Å². The Kier molecular flexibility index (Phi) is 2.83. The molecule has 3 nitrogen and oxygen atoms in total. The molecule has 1 saturated carbocycles. The molecule has 1 aromatic rings. The van der Waals surface area contributed by atoms with Crippen LogP contribution < -0.4 is 5.73 Å². The lowest BCUT2D eigenvalue weighted by molar-refractivity contribution is 0.379. The van der Waals surface area contributed by atoms with E-state index in [1.165, 1.54) is 25.7 Å². The van der Waals surface area contributed by atoms with Crippen LogP contribution in [0.5, 0.6) is 0 Å². The molecule has 0 aliphatic heterocycles. The second kappa shape index (κ2) is 3.97. The fourth-order valence-corrected chi connectivity index (χ4v) is 2.40. The summed E-state index contributed by atoms with van der Waals surface area (Å²) in [6, 6.07) is 0.0879. The first-order valence-corrected chi connectivity index (χ1v) is 5.92. The van der Waals surface area contributed by atoms with Gasteiger partial charge < -0.3 is 10.3 Å². The number of rotatable bonds is 5. The molecule has 2 N–H and O–H groups in total. The number of nitrogens with two attached hydrogens (primary N) is 1. The van der Waals surface area contributed by atoms with E-state index in [1.54, 1.807) is 0 Å². The second-order valence-electron chi connectivity index (χ2n) is 4.99. The van der Waals surface area contributed by atoms with Gasteiger partial charge in [-0.2, -0.15) is 0 Å². The molecule has 84 valence electrons. The summed E-state index contributed by atoms with van der Waals surface area (Å²) in [6.07, 6.45) is 9.18. The molecule has 1 aliphatic rings. The van der Waals surface area contributed by atoms with E-state index in [4.69, 9.17) is 5.73 Å². The lowest BCUT2D eigenvalue weighted by Gasteiger charge is -2.18. The van der Waals surface area contributed by atoms with E-state index in [0.717, 1.165) is 12.2 Å². The SMILES string of the molecule is CCCC1(Cn2cncc2[C@@H](C)N)CC1. The first kappa shape index (κ1) is 10.7. The van der Waals surface area contributed by atoms with Gasteiger partial charge in [0.15, 0.2) is 0 Å². The Labute approximate surface area is 91.7 Å². The molecular weight excluding hydrogens is 186 g/mol. The number of nitrogens with zero attached hydrogens (tertiary/aromatic N) is 2. The highest BCUT2D eigenvalue weighted by atomic mass is 15.1. The average Bonchev–Trinajstić information content (AvgIpc) is 2.77. The summed E-state index contributed by atoms with van der Waals surface area (Å²) < 4.78 is 2.24. The molecule has 1 fully saturated rings. The molecule has 0 unspecified atom stereocenters. The maximum atomic E-state index is 5.91. The van der Waals surface area contributed by atoms with Gasteiger partial charge in [-0.25, -0.2) is 4.98 Å². The highest BCUT2D eigenvalue weighted by Crippen LogP contribution is 2.51. The van der Waals surface area contributed by atoms with Crippen molar-refractivity contribution in [2.45, 2.75) is 52.1 Å². The Bertz CT molecular complexity index is 323. The summed E-state index contributed by atoms with van der Waals surface area (Å²) in [5.41, 5.74) is 7.64. The fourth-order valence-electron chi connectivity index (χ4n) is 2.40. The summed E-state index contributed by atoms with van der Waals surface area (Å²) in [7, 11) is 0. The minimum absolute atomic E-state index is 0.0879. The Hall–Kier alpha value is -0.830. The van der Waals surface area contributed by atoms with Crippen molar-refractivity contribution in [1.29, 1.82) is 0 Å². The largest absolute Gasteiger partial charge is 0.333 e. The second-order valence-corrected chi connectivity index (χ2v) is 4.99. The highest BCUT2D eigenvalue weighted by molar-refractivity contribution is 5.05. The van der Waals surface area contributed by atoms with Crippen molar-refractivity contribution < 1.29 is 0 Å². The molecular formula is C12H21N3. The zero-order chi connectivity index (χ0) is 10.9. The number of hydrogen-bond donors (Lipinski definition) is 1. The maximum absolute atomic E-state index is 5.91. The van der Waals surface area contributed by atoms with Crippen LogP contribution in [0.2, 0.25) is 0 Å². The maximum Gasteiger partial charge on any atom is 0.0948 e. The van der Waals surface area contributed by atoms with Crippen LogP contribution in [0.1, 0.15) is 51.3 Å². The minimum atomic E-state index is 0.0879. The van der Waals surface area contributed by atoms with E-state index in [1.807, 2.05) is 19.4 Å². The number of hydrogen-bond acceptors (Lipinski definition) is 2. The molecule has 2 rings (SSSR count). The summed E-state index contributed by atoms with van der Waals surface area (Å²) >= 11 is 0. The van der Waals surface area contributed by atoms with Crippen molar-refractivity contribution >= 4 is 0 Å². The molecule has 0 bridgehead atoms. The van der Waals surface area contributed by atoms with Crippen molar-refractivity contribution in [3.05, 3.63) is 18.2 Å². The van der Waals surface area contributed by atoms with Crippen molar-refractivity contribution in [3.63, 3.8) is 0 Å². The van der Waals surface area contributed by atoms with E-state index < -0.39 is 0 Å².